The van der Waals surface area contributed by atoms with Crippen LogP contribution in [0, 0.1) is 22.0 Å². The van der Waals surface area contributed by atoms with Crippen molar-refractivity contribution < 1.29 is 19.2 Å². The Balaban J connectivity index is 1.30. The Morgan fingerprint density at radius 1 is 1.06 bits per heavy atom. The van der Waals surface area contributed by atoms with Gasteiger partial charge >= 0.3 is 6.09 Å². The monoisotopic (exact) mass is 442 g/mol. The van der Waals surface area contributed by atoms with Crippen molar-refractivity contribution in [2.45, 2.75) is 12.3 Å². The summed E-state index contributed by atoms with van der Waals surface area (Å²) in [7, 11) is 1.44. The fourth-order valence-corrected chi connectivity index (χ4v) is 3.92. The molecule has 0 aromatic heterocycles. The average Bonchev–Trinajstić information content (AvgIpc) is 3.16. The van der Waals surface area contributed by atoms with E-state index in [1.807, 2.05) is 24.3 Å². The summed E-state index contributed by atoms with van der Waals surface area (Å²) in [5, 5.41) is 13.7. The number of nitrogens with one attached hydrogen (secondary N) is 1. The minimum absolute atomic E-state index is 0.00629. The van der Waals surface area contributed by atoms with E-state index < -0.39 is 11.0 Å². The predicted molar refractivity (Wildman–Crippen MR) is 124 cm³/mol. The van der Waals surface area contributed by atoms with Gasteiger partial charge in [0.25, 0.3) is 5.69 Å². The minimum atomic E-state index is -0.504. The van der Waals surface area contributed by atoms with Crippen LogP contribution in [0.3, 0.4) is 0 Å². The molecule has 1 N–H and O–H groups in total. The number of fused-ring (bicyclic) bond motifs is 3. The lowest BCUT2D eigenvalue weighted by atomic mass is 9.98. The van der Waals surface area contributed by atoms with Gasteiger partial charge in [-0.3, -0.25) is 10.1 Å². The number of hydrogen-bond donors (Lipinski definition) is 1. The van der Waals surface area contributed by atoms with Crippen molar-refractivity contribution in [1.82, 2.24) is 5.32 Å². The summed E-state index contributed by atoms with van der Waals surface area (Å²) >= 11 is 0. The highest BCUT2D eigenvalue weighted by molar-refractivity contribution is 5.79. The van der Waals surface area contributed by atoms with Crippen LogP contribution >= 0.6 is 0 Å². The van der Waals surface area contributed by atoms with Gasteiger partial charge in [-0.2, -0.15) is 0 Å². The Morgan fingerprint density at radius 3 is 2.36 bits per heavy atom. The molecular weight excluding hydrogens is 420 g/mol. The van der Waals surface area contributed by atoms with E-state index in [-0.39, 0.29) is 18.2 Å². The highest BCUT2D eigenvalue weighted by atomic mass is 16.6. The van der Waals surface area contributed by atoms with Gasteiger partial charge in [0, 0.05) is 30.5 Å². The Bertz CT molecular complexity index is 1210. The number of ether oxygens (including phenoxy) is 2. The molecule has 0 heterocycles. The average molecular weight is 442 g/mol. The first-order valence-corrected chi connectivity index (χ1v) is 10.5. The number of amides is 1. The zero-order valence-electron chi connectivity index (χ0n) is 18.0. The Kier molecular flexibility index (Phi) is 6.56. The van der Waals surface area contributed by atoms with Crippen LogP contribution in [0.5, 0.6) is 5.75 Å². The summed E-state index contributed by atoms with van der Waals surface area (Å²) in [6.45, 7) is 0.550. The topological polar surface area (TPSA) is 90.7 Å². The van der Waals surface area contributed by atoms with E-state index >= 15 is 0 Å². The maximum absolute atomic E-state index is 12.2. The fourth-order valence-electron chi connectivity index (χ4n) is 3.92. The normalized spacial score (nSPS) is 11.5. The predicted octanol–water partition coefficient (Wildman–Crippen LogP) is 4.88. The lowest BCUT2D eigenvalue weighted by Crippen LogP contribution is -2.26. The maximum Gasteiger partial charge on any atom is 0.407 e. The first-order valence-electron chi connectivity index (χ1n) is 10.5. The zero-order valence-corrected chi connectivity index (χ0v) is 18.0. The number of alkyl carbamates (subject to hydrolysis) is 1. The van der Waals surface area contributed by atoms with Gasteiger partial charge in [-0.05, 0) is 28.3 Å². The summed E-state index contributed by atoms with van der Waals surface area (Å²) in [5.74, 6) is 6.13. The molecule has 0 radical (unpaired) electrons. The van der Waals surface area contributed by atoms with Gasteiger partial charge in [0.15, 0.2) is 0 Å². The summed E-state index contributed by atoms with van der Waals surface area (Å²) in [4.78, 5) is 22.7. The molecule has 0 unspecified atom stereocenters. The molecule has 0 saturated heterocycles. The van der Waals surface area contributed by atoms with Crippen LogP contribution in [0.25, 0.3) is 11.1 Å². The summed E-state index contributed by atoms with van der Waals surface area (Å²) < 4.78 is 10.6. The molecule has 1 amide bonds. The lowest BCUT2D eigenvalue weighted by Gasteiger charge is -2.14. The molecule has 1 aliphatic rings. The van der Waals surface area contributed by atoms with Crippen molar-refractivity contribution in [3.8, 4) is 28.7 Å². The quantitative estimate of drug-likeness (QED) is 0.254. The van der Waals surface area contributed by atoms with Crippen molar-refractivity contribution in [2.24, 2.45) is 0 Å². The first kappa shape index (κ1) is 21.9. The third kappa shape index (κ3) is 4.96. The SMILES string of the molecule is COc1cc(C#CCCNC(=O)OCC2c3ccccc3-c3ccccc32)cc([N+](=O)[O-])c1. The van der Waals surface area contributed by atoms with E-state index in [0.717, 1.165) is 11.1 Å². The second kappa shape index (κ2) is 9.88. The van der Waals surface area contributed by atoms with Crippen molar-refractivity contribution in [3.63, 3.8) is 0 Å². The molecule has 3 aromatic rings. The number of nitro benzene ring substituents is 1. The molecule has 0 atom stereocenters. The van der Waals surface area contributed by atoms with Crippen molar-refractivity contribution in [1.29, 1.82) is 0 Å². The number of rotatable bonds is 6. The highest BCUT2D eigenvalue weighted by Gasteiger charge is 2.28. The molecule has 1 aliphatic carbocycles. The molecule has 0 spiro atoms. The van der Waals surface area contributed by atoms with Gasteiger partial charge in [0.05, 0.1) is 18.1 Å². The number of non-ortho nitro benzene ring substituents is 1. The van der Waals surface area contributed by atoms with Crippen LogP contribution in [0.1, 0.15) is 29.0 Å². The van der Waals surface area contributed by atoms with E-state index in [4.69, 9.17) is 9.47 Å². The van der Waals surface area contributed by atoms with Crippen LogP contribution in [0.2, 0.25) is 0 Å². The third-order valence-electron chi connectivity index (χ3n) is 5.43. The van der Waals surface area contributed by atoms with E-state index in [1.165, 1.54) is 30.4 Å². The Labute approximate surface area is 191 Å². The number of hydrogen-bond acceptors (Lipinski definition) is 5. The second-order valence-corrected chi connectivity index (χ2v) is 7.48. The molecule has 3 aromatic carbocycles. The van der Waals surface area contributed by atoms with Gasteiger partial charge in [-0.15, -0.1) is 0 Å². The molecule has 7 heteroatoms. The molecule has 4 rings (SSSR count). The highest BCUT2D eigenvalue weighted by Crippen LogP contribution is 2.44. The molecule has 33 heavy (non-hydrogen) atoms. The Morgan fingerprint density at radius 2 is 1.73 bits per heavy atom. The number of nitro groups is 1. The molecule has 166 valence electrons. The summed E-state index contributed by atoms with van der Waals surface area (Å²) in [6, 6.07) is 20.7. The van der Waals surface area contributed by atoms with Crippen LogP contribution in [-0.2, 0) is 4.74 Å². The maximum atomic E-state index is 12.2. The fraction of sp³-hybridized carbons (Fsp3) is 0.192. The van der Waals surface area contributed by atoms with Crippen molar-refractivity contribution in [2.75, 3.05) is 20.3 Å². The van der Waals surface area contributed by atoms with E-state index in [0.29, 0.717) is 24.3 Å². The summed E-state index contributed by atoms with van der Waals surface area (Å²) in [5.41, 5.74) is 5.05. The lowest BCUT2D eigenvalue weighted by molar-refractivity contribution is -0.384. The van der Waals surface area contributed by atoms with Crippen LogP contribution in [-0.4, -0.2) is 31.3 Å². The van der Waals surface area contributed by atoms with Crippen LogP contribution in [0.4, 0.5) is 10.5 Å². The standard InChI is InChI=1S/C26H22N2O5/c1-32-20-15-18(14-19(16-20)28(30)31)8-6-7-13-27-26(29)33-17-25-23-11-4-2-9-21(23)22-10-3-5-12-24(22)25/h2-5,9-12,14-16,25H,7,13,17H2,1H3,(H,27,29). The number of nitrogens with zero attached hydrogens (tertiary/aromatic N) is 1. The largest absolute Gasteiger partial charge is 0.496 e. The zero-order chi connectivity index (χ0) is 23.2. The van der Waals surface area contributed by atoms with Crippen molar-refractivity contribution >= 4 is 11.8 Å². The first-order chi connectivity index (χ1) is 16.1. The third-order valence-corrected chi connectivity index (χ3v) is 5.43. The number of methoxy groups -OCH3 is 1. The Hall–Kier alpha value is -4.31. The van der Waals surface area contributed by atoms with E-state index in [9.17, 15) is 14.9 Å². The van der Waals surface area contributed by atoms with Crippen molar-refractivity contribution in [3.05, 3.63) is 93.5 Å². The van der Waals surface area contributed by atoms with Gasteiger partial charge < -0.3 is 14.8 Å². The second-order valence-electron chi connectivity index (χ2n) is 7.48. The van der Waals surface area contributed by atoms with Gasteiger partial charge in [0.1, 0.15) is 12.4 Å². The molecular formula is C26H22N2O5. The smallest absolute Gasteiger partial charge is 0.407 e. The summed E-state index contributed by atoms with van der Waals surface area (Å²) in [6.07, 6.45) is -0.134. The minimum Gasteiger partial charge on any atom is -0.496 e. The van der Waals surface area contributed by atoms with Gasteiger partial charge in [-0.1, -0.05) is 60.4 Å². The molecule has 0 fully saturated rings. The molecule has 0 aliphatic heterocycles. The number of carbonyl (C=O) groups excluding carboxylic acids is 1. The van der Waals surface area contributed by atoms with E-state index in [1.54, 1.807) is 6.07 Å². The van der Waals surface area contributed by atoms with E-state index in [2.05, 4.69) is 41.4 Å². The number of benzene rings is 3. The van der Waals surface area contributed by atoms with Gasteiger partial charge in [0.2, 0.25) is 0 Å². The molecule has 7 nitrogen and oxygen atoms in total. The van der Waals surface area contributed by atoms with Crippen LogP contribution < -0.4 is 10.1 Å². The molecule has 0 bridgehead atoms. The van der Waals surface area contributed by atoms with Gasteiger partial charge in [-0.25, -0.2) is 4.79 Å². The molecule has 0 saturated carbocycles. The number of carbonyl (C=O) groups is 1. The van der Waals surface area contributed by atoms with Crippen LogP contribution in [0.15, 0.2) is 66.7 Å².